The smallest absolute Gasteiger partial charge is 0.164 e. The molecule has 0 saturated carbocycles. The van der Waals surface area contributed by atoms with Crippen molar-refractivity contribution in [2.75, 3.05) is 0 Å². The van der Waals surface area contributed by atoms with Crippen LogP contribution in [0.2, 0.25) is 0 Å². The van der Waals surface area contributed by atoms with Crippen LogP contribution >= 0.6 is 11.3 Å². The van der Waals surface area contributed by atoms with Crippen molar-refractivity contribution in [3.63, 3.8) is 0 Å². The van der Waals surface area contributed by atoms with Crippen LogP contribution in [-0.4, -0.2) is 15.0 Å². The Morgan fingerprint density at radius 1 is 0.321 bits per heavy atom. The Bertz CT molecular complexity index is 3180. The summed E-state index contributed by atoms with van der Waals surface area (Å²) in [7, 11) is 0. The molecule has 0 spiro atoms. The molecule has 56 heavy (non-hydrogen) atoms. The molecule has 0 saturated heterocycles. The average molecular weight is 734 g/mol. The van der Waals surface area contributed by atoms with Crippen LogP contribution in [-0.2, 0) is 0 Å². The Hall–Kier alpha value is -7.21. The molecule has 5 heteroatoms. The summed E-state index contributed by atoms with van der Waals surface area (Å²) in [5.74, 6) is 1.90. The van der Waals surface area contributed by atoms with E-state index in [2.05, 4.69) is 127 Å². The van der Waals surface area contributed by atoms with Gasteiger partial charge in [0.15, 0.2) is 17.5 Å². The highest BCUT2D eigenvalue weighted by Crippen LogP contribution is 2.42. The third-order valence-electron chi connectivity index (χ3n) is 10.5. The Morgan fingerprint density at radius 3 is 1.59 bits per heavy atom. The molecule has 3 heterocycles. The van der Waals surface area contributed by atoms with Gasteiger partial charge in [0.1, 0.15) is 11.2 Å². The molecule has 0 fully saturated rings. The van der Waals surface area contributed by atoms with E-state index in [4.69, 9.17) is 19.4 Å². The molecule has 0 unspecified atom stereocenters. The molecule has 0 radical (unpaired) electrons. The SMILES string of the molecule is c1ccc(-c2ccc3c(c2)sc2ccc(-c4ccc5oc6cccc(-c7cccc(-c8nc(-c9ccccc9)nc(-c9ccccc9)n8)c7)c6c5c4)cc23)cc1. The van der Waals surface area contributed by atoms with Gasteiger partial charge in [-0.25, -0.2) is 15.0 Å². The van der Waals surface area contributed by atoms with E-state index in [0.717, 1.165) is 55.3 Å². The maximum Gasteiger partial charge on any atom is 0.164 e. The summed E-state index contributed by atoms with van der Waals surface area (Å²) in [5, 5.41) is 4.73. The Balaban J connectivity index is 1.01. The van der Waals surface area contributed by atoms with Gasteiger partial charge >= 0.3 is 0 Å². The van der Waals surface area contributed by atoms with Crippen molar-refractivity contribution in [3.05, 3.63) is 188 Å². The van der Waals surface area contributed by atoms with Gasteiger partial charge in [0.25, 0.3) is 0 Å². The minimum atomic E-state index is 0.624. The highest BCUT2D eigenvalue weighted by atomic mass is 32.1. The summed E-state index contributed by atoms with van der Waals surface area (Å²) in [6.07, 6.45) is 0. The molecule has 11 aromatic rings. The van der Waals surface area contributed by atoms with Crippen LogP contribution < -0.4 is 0 Å². The third kappa shape index (κ3) is 5.65. The Morgan fingerprint density at radius 2 is 0.875 bits per heavy atom. The first-order valence-electron chi connectivity index (χ1n) is 18.7. The molecule has 8 aromatic carbocycles. The molecule has 3 aromatic heterocycles. The first kappa shape index (κ1) is 32.2. The number of hydrogen-bond acceptors (Lipinski definition) is 5. The maximum atomic E-state index is 6.48. The molecule has 0 atom stereocenters. The number of benzene rings is 8. The van der Waals surface area contributed by atoms with Gasteiger partial charge in [-0.1, -0.05) is 146 Å². The lowest BCUT2D eigenvalue weighted by Crippen LogP contribution is -2.00. The number of aromatic nitrogens is 3. The Kier molecular flexibility index (Phi) is 7.64. The predicted octanol–water partition coefficient (Wildman–Crippen LogP) is 14.1. The number of thiophene rings is 1. The highest BCUT2D eigenvalue weighted by molar-refractivity contribution is 7.25. The molecule has 0 aliphatic rings. The van der Waals surface area contributed by atoms with Gasteiger partial charge in [-0.2, -0.15) is 0 Å². The van der Waals surface area contributed by atoms with Crippen LogP contribution in [0.4, 0.5) is 0 Å². The summed E-state index contributed by atoms with van der Waals surface area (Å²) in [6, 6.07) is 65.8. The van der Waals surface area contributed by atoms with Gasteiger partial charge < -0.3 is 4.42 Å². The molecular weight excluding hydrogens is 703 g/mol. The first-order valence-corrected chi connectivity index (χ1v) is 19.5. The van der Waals surface area contributed by atoms with E-state index in [1.54, 1.807) is 0 Å². The van der Waals surface area contributed by atoms with Gasteiger partial charge in [0.2, 0.25) is 0 Å². The fraction of sp³-hybridized carbons (Fsp3) is 0. The van der Waals surface area contributed by atoms with Crippen molar-refractivity contribution < 1.29 is 4.42 Å². The van der Waals surface area contributed by atoms with Gasteiger partial charge in [0.05, 0.1) is 0 Å². The summed E-state index contributed by atoms with van der Waals surface area (Å²) in [6.45, 7) is 0. The molecule has 262 valence electrons. The largest absolute Gasteiger partial charge is 0.456 e. The van der Waals surface area contributed by atoms with E-state index in [-0.39, 0.29) is 0 Å². The van der Waals surface area contributed by atoms with Crippen LogP contribution in [0.1, 0.15) is 0 Å². The lowest BCUT2D eigenvalue weighted by Gasteiger charge is -2.10. The van der Waals surface area contributed by atoms with Gasteiger partial charge in [-0.3, -0.25) is 0 Å². The van der Waals surface area contributed by atoms with Gasteiger partial charge in [-0.15, -0.1) is 11.3 Å². The maximum absolute atomic E-state index is 6.48. The van der Waals surface area contributed by atoms with E-state index < -0.39 is 0 Å². The minimum Gasteiger partial charge on any atom is -0.456 e. The second-order valence-electron chi connectivity index (χ2n) is 14.0. The summed E-state index contributed by atoms with van der Waals surface area (Å²) in [5.41, 5.74) is 11.5. The fourth-order valence-electron chi connectivity index (χ4n) is 7.78. The molecule has 0 N–H and O–H groups in total. The van der Waals surface area contributed by atoms with Crippen molar-refractivity contribution in [2.24, 2.45) is 0 Å². The van der Waals surface area contributed by atoms with Crippen LogP contribution in [0.25, 0.3) is 110 Å². The molecule has 0 amide bonds. The van der Waals surface area contributed by atoms with Gasteiger partial charge in [-0.05, 0) is 75.8 Å². The summed E-state index contributed by atoms with van der Waals surface area (Å²) >= 11 is 1.85. The molecule has 0 aliphatic heterocycles. The van der Waals surface area contributed by atoms with E-state index in [9.17, 15) is 0 Å². The van der Waals surface area contributed by atoms with Crippen molar-refractivity contribution in [2.45, 2.75) is 0 Å². The minimum absolute atomic E-state index is 0.624. The zero-order valence-corrected chi connectivity index (χ0v) is 30.9. The number of nitrogens with zero attached hydrogens (tertiary/aromatic N) is 3. The number of rotatable bonds is 6. The van der Waals surface area contributed by atoms with E-state index in [1.807, 2.05) is 72.0 Å². The van der Waals surface area contributed by atoms with E-state index in [1.165, 1.54) is 36.9 Å². The number of furan rings is 1. The van der Waals surface area contributed by atoms with Crippen LogP contribution in [0, 0.1) is 0 Å². The lowest BCUT2D eigenvalue weighted by atomic mass is 9.96. The van der Waals surface area contributed by atoms with Crippen LogP contribution in [0.3, 0.4) is 0 Å². The van der Waals surface area contributed by atoms with Crippen molar-refractivity contribution >= 4 is 53.4 Å². The van der Waals surface area contributed by atoms with E-state index >= 15 is 0 Å². The average Bonchev–Trinajstić information content (AvgIpc) is 3.84. The van der Waals surface area contributed by atoms with Crippen molar-refractivity contribution in [1.29, 1.82) is 0 Å². The van der Waals surface area contributed by atoms with Crippen molar-refractivity contribution in [3.8, 4) is 67.5 Å². The van der Waals surface area contributed by atoms with Crippen LogP contribution in [0.15, 0.2) is 192 Å². The van der Waals surface area contributed by atoms with Crippen molar-refractivity contribution in [1.82, 2.24) is 15.0 Å². The lowest BCUT2D eigenvalue weighted by molar-refractivity contribution is 0.669. The standard InChI is InChI=1S/C51H31N3OS/c1-4-12-32(13-5-1)37-22-25-41-42-29-36(24-27-46(42)56-47(41)31-37)35-23-26-44-43(30-35)48-40(20-11-21-45(48)55-44)38-18-10-19-39(28-38)51-53-49(33-14-6-2-7-15-33)52-50(54-51)34-16-8-3-9-17-34/h1-31H. The zero-order valence-electron chi connectivity index (χ0n) is 30.1. The van der Waals surface area contributed by atoms with Gasteiger partial charge in [0, 0.05) is 47.6 Å². The number of hydrogen-bond donors (Lipinski definition) is 0. The fourth-order valence-corrected chi connectivity index (χ4v) is 8.90. The summed E-state index contributed by atoms with van der Waals surface area (Å²) in [4.78, 5) is 14.9. The molecule has 0 aliphatic carbocycles. The van der Waals surface area contributed by atoms with E-state index in [0.29, 0.717) is 17.5 Å². The predicted molar refractivity (Wildman–Crippen MR) is 233 cm³/mol. The topological polar surface area (TPSA) is 51.8 Å². The Labute approximate surface area is 327 Å². The second kappa shape index (κ2) is 13.3. The quantitative estimate of drug-likeness (QED) is 0.171. The highest BCUT2D eigenvalue weighted by Gasteiger charge is 2.17. The molecule has 4 nitrogen and oxygen atoms in total. The third-order valence-corrected chi connectivity index (χ3v) is 11.7. The molecule has 0 bridgehead atoms. The first-order chi connectivity index (χ1) is 27.7. The second-order valence-corrected chi connectivity index (χ2v) is 15.1. The molecular formula is C51H31N3OS. The molecule has 11 rings (SSSR count). The number of fused-ring (bicyclic) bond motifs is 6. The monoisotopic (exact) mass is 733 g/mol. The summed E-state index contributed by atoms with van der Waals surface area (Å²) < 4.78 is 9.07. The normalized spacial score (nSPS) is 11.6. The van der Waals surface area contributed by atoms with Crippen LogP contribution in [0.5, 0.6) is 0 Å². The zero-order chi connectivity index (χ0) is 37.0.